The van der Waals surface area contributed by atoms with E-state index in [9.17, 15) is 10.1 Å². The molecular formula is C13H16N4O4. The smallest absolute Gasteiger partial charge is 0.270 e. The average Bonchev–Trinajstić information content (AvgIpc) is 2.94. The molecule has 0 atom stereocenters. The van der Waals surface area contributed by atoms with E-state index in [2.05, 4.69) is 15.5 Å². The molecule has 0 aliphatic rings. The highest BCUT2D eigenvalue weighted by molar-refractivity contribution is 5.43. The van der Waals surface area contributed by atoms with Crippen molar-refractivity contribution in [1.29, 1.82) is 0 Å². The maximum absolute atomic E-state index is 10.8. The lowest BCUT2D eigenvalue weighted by atomic mass is 10.2. The summed E-state index contributed by atoms with van der Waals surface area (Å²) >= 11 is 0. The van der Waals surface area contributed by atoms with Crippen LogP contribution in [-0.2, 0) is 19.6 Å². The Morgan fingerprint density at radius 3 is 2.90 bits per heavy atom. The Bertz CT molecular complexity index is 626. The molecule has 0 amide bonds. The van der Waals surface area contributed by atoms with E-state index in [1.807, 2.05) is 6.92 Å². The lowest BCUT2D eigenvalue weighted by molar-refractivity contribution is -0.384. The first-order valence-corrected chi connectivity index (χ1v) is 6.50. The van der Waals surface area contributed by atoms with Gasteiger partial charge in [-0.25, -0.2) is 0 Å². The van der Waals surface area contributed by atoms with Crippen molar-refractivity contribution in [3.05, 3.63) is 45.6 Å². The maximum Gasteiger partial charge on any atom is 0.270 e. The second kappa shape index (κ2) is 6.80. The normalized spacial score (nSPS) is 10.6. The van der Waals surface area contributed by atoms with Crippen molar-refractivity contribution < 1.29 is 14.2 Å². The molecule has 2 rings (SSSR count). The van der Waals surface area contributed by atoms with E-state index in [1.54, 1.807) is 13.1 Å². The predicted octanol–water partition coefficient (Wildman–Crippen LogP) is 1.84. The zero-order chi connectivity index (χ0) is 15.2. The van der Waals surface area contributed by atoms with E-state index in [1.165, 1.54) is 12.1 Å². The van der Waals surface area contributed by atoms with Crippen LogP contribution in [0.3, 0.4) is 0 Å². The van der Waals surface area contributed by atoms with Gasteiger partial charge in [0.2, 0.25) is 11.7 Å². The van der Waals surface area contributed by atoms with Crippen LogP contribution in [0.2, 0.25) is 0 Å². The summed E-state index contributed by atoms with van der Waals surface area (Å²) < 4.78 is 10.6. The molecule has 0 aliphatic heterocycles. The standard InChI is InChI=1S/C13H16N4O4/c1-3-13-15-12(16-21-13)8-20-11-5-4-10(17(18)19)6-9(11)7-14-2/h4-6,14H,3,7-8H2,1-2H3. The molecule has 0 unspecified atom stereocenters. The van der Waals surface area contributed by atoms with Gasteiger partial charge in [-0.3, -0.25) is 10.1 Å². The van der Waals surface area contributed by atoms with Crippen molar-refractivity contribution in [3.63, 3.8) is 0 Å². The summed E-state index contributed by atoms with van der Waals surface area (Å²) in [6, 6.07) is 4.47. The first-order valence-electron chi connectivity index (χ1n) is 6.50. The van der Waals surface area contributed by atoms with Crippen LogP contribution < -0.4 is 10.1 Å². The predicted molar refractivity (Wildman–Crippen MR) is 73.9 cm³/mol. The van der Waals surface area contributed by atoms with Gasteiger partial charge in [-0.15, -0.1) is 0 Å². The molecule has 0 bridgehead atoms. The number of aromatic nitrogens is 2. The highest BCUT2D eigenvalue weighted by Crippen LogP contribution is 2.24. The second-order valence-corrected chi connectivity index (χ2v) is 4.33. The molecule has 1 N–H and O–H groups in total. The number of nitro groups is 1. The second-order valence-electron chi connectivity index (χ2n) is 4.33. The van der Waals surface area contributed by atoms with E-state index in [-0.39, 0.29) is 12.3 Å². The van der Waals surface area contributed by atoms with Crippen molar-refractivity contribution in [2.75, 3.05) is 7.05 Å². The van der Waals surface area contributed by atoms with Gasteiger partial charge >= 0.3 is 0 Å². The fourth-order valence-corrected chi connectivity index (χ4v) is 1.78. The SMILES string of the molecule is CCc1nc(COc2ccc([N+](=O)[O-])cc2CNC)no1. The molecule has 2 aromatic rings. The Morgan fingerprint density at radius 1 is 1.48 bits per heavy atom. The van der Waals surface area contributed by atoms with Crippen LogP contribution in [0, 0.1) is 10.1 Å². The van der Waals surface area contributed by atoms with Crippen molar-refractivity contribution >= 4 is 5.69 Å². The highest BCUT2D eigenvalue weighted by Gasteiger charge is 2.12. The molecule has 0 saturated heterocycles. The molecule has 112 valence electrons. The lowest BCUT2D eigenvalue weighted by Gasteiger charge is -2.09. The van der Waals surface area contributed by atoms with Crippen LogP contribution in [0.4, 0.5) is 5.69 Å². The van der Waals surface area contributed by atoms with Gasteiger partial charge in [-0.05, 0) is 13.1 Å². The van der Waals surface area contributed by atoms with Crippen LogP contribution in [-0.4, -0.2) is 22.1 Å². The minimum atomic E-state index is -0.435. The third-order valence-corrected chi connectivity index (χ3v) is 2.79. The zero-order valence-corrected chi connectivity index (χ0v) is 11.8. The molecule has 0 fully saturated rings. The van der Waals surface area contributed by atoms with E-state index in [4.69, 9.17) is 9.26 Å². The molecule has 1 heterocycles. The quantitative estimate of drug-likeness (QED) is 0.613. The number of hydrogen-bond donors (Lipinski definition) is 1. The zero-order valence-electron chi connectivity index (χ0n) is 11.8. The number of nitrogens with zero attached hydrogens (tertiary/aromatic N) is 3. The van der Waals surface area contributed by atoms with E-state index in [0.717, 1.165) is 0 Å². The van der Waals surface area contributed by atoms with Gasteiger partial charge < -0.3 is 14.6 Å². The molecule has 8 heteroatoms. The van der Waals surface area contributed by atoms with Gasteiger partial charge in [0.15, 0.2) is 6.61 Å². The summed E-state index contributed by atoms with van der Waals surface area (Å²) in [4.78, 5) is 14.5. The van der Waals surface area contributed by atoms with Crippen molar-refractivity contribution in [1.82, 2.24) is 15.5 Å². The number of aryl methyl sites for hydroxylation is 1. The summed E-state index contributed by atoms with van der Waals surface area (Å²) in [5.74, 6) is 1.55. The number of non-ortho nitro benzene ring substituents is 1. The van der Waals surface area contributed by atoms with Gasteiger partial charge in [0.05, 0.1) is 4.92 Å². The third-order valence-electron chi connectivity index (χ3n) is 2.79. The Hall–Kier alpha value is -2.48. The highest BCUT2D eigenvalue weighted by atomic mass is 16.6. The first kappa shape index (κ1) is 14.9. The summed E-state index contributed by atoms with van der Waals surface area (Å²) in [7, 11) is 1.76. The molecule has 0 saturated carbocycles. The number of hydrogen-bond acceptors (Lipinski definition) is 7. The third kappa shape index (κ3) is 3.76. The molecule has 0 aliphatic carbocycles. The Labute approximate surface area is 121 Å². The molecule has 21 heavy (non-hydrogen) atoms. The topological polar surface area (TPSA) is 103 Å². The van der Waals surface area contributed by atoms with E-state index < -0.39 is 4.92 Å². The summed E-state index contributed by atoms with van der Waals surface area (Å²) in [6.07, 6.45) is 0.662. The van der Waals surface area contributed by atoms with Gasteiger partial charge in [0.1, 0.15) is 5.75 Å². The van der Waals surface area contributed by atoms with Gasteiger partial charge in [-0.1, -0.05) is 12.1 Å². The Morgan fingerprint density at radius 2 is 2.29 bits per heavy atom. The first-order chi connectivity index (χ1) is 10.1. The molecule has 0 spiro atoms. The maximum atomic E-state index is 10.8. The van der Waals surface area contributed by atoms with Crippen LogP contribution in [0.15, 0.2) is 22.7 Å². The summed E-state index contributed by atoms with van der Waals surface area (Å²) in [6.45, 7) is 2.53. The molecule has 0 radical (unpaired) electrons. The molecule has 1 aromatic carbocycles. The summed E-state index contributed by atoms with van der Waals surface area (Å²) in [5, 5.41) is 17.5. The molecule has 8 nitrogen and oxygen atoms in total. The van der Waals surface area contributed by atoms with Crippen LogP contribution in [0.25, 0.3) is 0 Å². The van der Waals surface area contributed by atoms with Crippen molar-refractivity contribution in [2.24, 2.45) is 0 Å². The number of nitrogens with one attached hydrogen (secondary N) is 1. The molecular weight excluding hydrogens is 276 g/mol. The largest absolute Gasteiger partial charge is 0.485 e. The van der Waals surface area contributed by atoms with Crippen LogP contribution >= 0.6 is 0 Å². The summed E-state index contributed by atoms with van der Waals surface area (Å²) in [5.41, 5.74) is 0.728. The number of rotatable bonds is 7. The fraction of sp³-hybridized carbons (Fsp3) is 0.385. The minimum absolute atomic E-state index is 0.0282. The van der Waals surface area contributed by atoms with E-state index in [0.29, 0.717) is 36.0 Å². The Balaban J connectivity index is 2.12. The molecule has 1 aromatic heterocycles. The van der Waals surface area contributed by atoms with E-state index >= 15 is 0 Å². The lowest BCUT2D eigenvalue weighted by Crippen LogP contribution is -2.08. The van der Waals surface area contributed by atoms with Gasteiger partial charge in [-0.2, -0.15) is 4.98 Å². The number of benzene rings is 1. The average molecular weight is 292 g/mol. The van der Waals surface area contributed by atoms with Crippen molar-refractivity contribution in [3.8, 4) is 5.75 Å². The fourth-order valence-electron chi connectivity index (χ4n) is 1.78. The van der Waals surface area contributed by atoms with Gasteiger partial charge in [0, 0.05) is 30.7 Å². The number of nitro benzene ring substituents is 1. The number of ether oxygens (including phenoxy) is 1. The Kier molecular flexibility index (Phi) is 4.83. The monoisotopic (exact) mass is 292 g/mol. The van der Waals surface area contributed by atoms with Crippen LogP contribution in [0.1, 0.15) is 24.2 Å². The van der Waals surface area contributed by atoms with Crippen molar-refractivity contribution in [2.45, 2.75) is 26.5 Å². The van der Waals surface area contributed by atoms with Gasteiger partial charge in [0.25, 0.3) is 5.69 Å². The van der Waals surface area contributed by atoms with Crippen LogP contribution in [0.5, 0.6) is 5.75 Å². The minimum Gasteiger partial charge on any atom is -0.485 e.